The van der Waals surface area contributed by atoms with Gasteiger partial charge in [0.1, 0.15) is 12.1 Å². The molecule has 0 unspecified atom stereocenters. The van der Waals surface area contributed by atoms with Crippen molar-refractivity contribution >= 4 is 21.6 Å². The van der Waals surface area contributed by atoms with Gasteiger partial charge in [0.05, 0.1) is 19.1 Å². The highest BCUT2D eigenvalue weighted by Crippen LogP contribution is 2.22. The standard InChI is InChI=1S/C12H16N6O4S/c1-22-11-6-9(5-10(7-11)18-8-13-16-17-18)15-12(19)3-4-14-23(2,20)21/h5-8,14H,3-4H2,1-2H3,(H,15,19). The molecule has 124 valence electrons. The summed E-state index contributed by atoms with van der Waals surface area (Å²) >= 11 is 0. The first-order chi connectivity index (χ1) is 10.9. The summed E-state index contributed by atoms with van der Waals surface area (Å²) in [4.78, 5) is 11.9. The fourth-order valence-electron chi connectivity index (χ4n) is 1.76. The number of hydrogen-bond donors (Lipinski definition) is 2. The zero-order chi connectivity index (χ0) is 16.9. The normalized spacial score (nSPS) is 11.2. The second-order valence-corrected chi connectivity index (χ2v) is 6.47. The molecule has 1 aromatic heterocycles. The lowest BCUT2D eigenvalue weighted by molar-refractivity contribution is -0.116. The van der Waals surface area contributed by atoms with Crippen molar-refractivity contribution in [3.05, 3.63) is 24.5 Å². The summed E-state index contributed by atoms with van der Waals surface area (Å²) in [5, 5.41) is 13.5. The molecule has 0 aliphatic carbocycles. The number of carbonyl (C=O) groups is 1. The number of rotatable bonds is 7. The third-order valence-corrected chi connectivity index (χ3v) is 3.47. The van der Waals surface area contributed by atoms with Crippen LogP contribution in [0.5, 0.6) is 5.75 Å². The fourth-order valence-corrected chi connectivity index (χ4v) is 2.23. The van der Waals surface area contributed by atoms with E-state index in [4.69, 9.17) is 4.74 Å². The molecule has 0 bridgehead atoms. The Morgan fingerprint density at radius 2 is 2.13 bits per heavy atom. The van der Waals surface area contributed by atoms with E-state index in [1.165, 1.54) is 18.1 Å². The van der Waals surface area contributed by atoms with Crippen LogP contribution in [0, 0.1) is 0 Å². The molecule has 1 aromatic carbocycles. The zero-order valence-corrected chi connectivity index (χ0v) is 13.4. The van der Waals surface area contributed by atoms with Gasteiger partial charge in [0.15, 0.2) is 0 Å². The van der Waals surface area contributed by atoms with Crippen molar-refractivity contribution in [2.24, 2.45) is 0 Å². The monoisotopic (exact) mass is 340 g/mol. The van der Waals surface area contributed by atoms with Crippen LogP contribution in [-0.4, -0.2) is 54.4 Å². The molecule has 0 aliphatic heterocycles. The number of hydrogen-bond acceptors (Lipinski definition) is 7. The van der Waals surface area contributed by atoms with Crippen molar-refractivity contribution in [3.63, 3.8) is 0 Å². The Labute approximate surface area is 132 Å². The number of nitrogens with zero attached hydrogens (tertiary/aromatic N) is 4. The Morgan fingerprint density at radius 3 is 2.74 bits per heavy atom. The van der Waals surface area contributed by atoms with Gasteiger partial charge < -0.3 is 10.1 Å². The minimum Gasteiger partial charge on any atom is -0.497 e. The topological polar surface area (TPSA) is 128 Å². The van der Waals surface area contributed by atoms with Gasteiger partial charge in [0, 0.05) is 30.8 Å². The molecule has 0 aliphatic rings. The average molecular weight is 340 g/mol. The Kier molecular flexibility index (Phi) is 5.24. The number of ether oxygens (including phenoxy) is 1. The minimum atomic E-state index is -3.32. The lowest BCUT2D eigenvalue weighted by Crippen LogP contribution is -2.26. The first-order valence-corrected chi connectivity index (χ1v) is 8.43. The number of tetrazole rings is 1. The number of benzene rings is 1. The van der Waals surface area contributed by atoms with E-state index < -0.39 is 10.0 Å². The van der Waals surface area contributed by atoms with E-state index in [2.05, 4.69) is 25.6 Å². The highest BCUT2D eigenvalue weighted by atomic mass is 32.2. The fraction of sp³-hybridized carbons (Fsp3) is 0.333. The van der Waals surface area contributed by atoms with Crippen LogP contribution in [-0.2, 0) is 14.8 Å². The third-order valence-electron chi connectivity index (χ3n) is 2.74. The van der Waals surface area contributed by atoms with Crippen LogP contribution in [0.15, 0.2) is 24.5 Å². The molecule has 1 amide bonds. The maximum absolute atomic E-state index is 11.9. The van der Waals surface area contributed by atoms with Gasteiger partial charge in [-0.05, 0) is 16.5 Å². The molecule has 2 rings (SSSR count). The minimum absolute atomic E-state index is 0.00446. The lowest BCUT2D eigenvalue weighted by atomic mass is 10.2. The van der Waals surface area contributed by atoms with Crippen molar-refractivity contribution in [2.45, 2.75) is 6.42 Å². The Bertz CT molecular complexity index is 775. The summed E-state index contributed by atoms with van der Waals surface area (Å²) in [5.41, 5.74) is 1.10. The van der Waals surface area contributed by atoms with Crippen LogP contribution < -0.4 is 14.8 Å². The van der Waals surface area contributed by atoms with E-state index >= 15 is 0 Å². The maximum Gasteiger partial charge on any atom is 0.225 e. The van der Waals surface area contributed by atoms with Crippen LogP contribution in [0.1, 0.15) is 6.42 Å². The van der Waals surface area contributed by atoms with Gasteiger partial charge in [0.2, 0.25) is 15.9 Å². The van der Waals surface area contributed by atoms with Crippen molar-refractivity contribution in [1.29, 1.82) is 0 Å². The van der Waals surface area contributed by atoms with Crippen LogP contribution in [0.2, 0.25) is 0 Å². The Hall–Kier alpha value is -2.53. The molecule has 0 radical (unpaired) electrons. The molecular formula is C12H16N6O4S. The van der Waals surface area contributed by atoms with Gasteiger partial charge in [-0.2, -0.15) is 0 Å². The predicted octanol–water partition coefficient (Wildman–Crippen LogP) is -0.451. The molecule has 0 saturated heterocycles. The number of aromatic nitrogens is 4. The van der Waals surface area contributed by atoms with Gasteiger partial charge >= 0.3 is 0 Å². The number of anilines is 1. The number of amides is 1. The quantitative estimate of drug-likeness (QED) is 0.698. The number of nitrogens with one attached hydrogen (secondary N) is 2. The van der Waals surface area contributed by atoms with Crippen LogP contribution in [0.25, 0.3) is 5.69 Å². The molecule has 0 spiro atoms. The van der Waals surface area contributed by atoms with Crippen molar-refractivity contribution in [3.8, 4) is 11.4 Å². The smallest absolute Gasteiger partial charge is 0.225 e. The Morgan fingerprint density at radius 1 is 1.35 bits per heavy atom. The SMILES string of the molecule is COc1cc(NC(=O)CCNS(C)(=O)=O)cc(-n2cnnn2)c1. The second kappa shape index (κ2) is 7.15. The predicted molar refractivity (Wildman–Crippen MR) is 81.8 cm³/mol. The molecule has 10 nitrogen and oxygen atoms in total. The highest BCUT2D eigenvalue weighted by Gasteiger charge is 2.09. The molecule has 23 heavy (non-hydrogen) atoms. The largest absolute Gasteiger partial charge is 0.497 e. The number of sulfonamides is 1. The summed E-state index contributed by atoms with van der Waals surface area (Å²) in [5.74, 6) is 0.180. The van der Waals surface area contributed by atoms with Gasteiger partial charge in [0.25, 0.3) is 0 Å². The molecular weight excluding hydrogens is 324 g/mol. The number of methoxy groups -OCH3 is 1. The number of carbonyl (C=O) groups excluding carboxylic acids is 1. The van der Waals surface area contributed by atoms with E-state index in [0.29, 0.717) is 17.1 Å². The van der Waals surface area contributed by atoms with Gasteiger partial charge in [-0.15, -0.1) is 5.10 Å². The first kappa shape index (κ1) is 16.8. The molecule has 0 saturated carbocycles. The summed E-state index contributed by atoms with van der Waals surface area (Å²) < 4.78 is 30.7. The molecule has 2 N–H and O–H groups in total. The molecule has 0 fully saturated rings. The highest BCUT2D eigenvalue weighted by molar-refractivity contribution is 7.88. The Balaban J connectivity index is 2.07. The third kappa shape index (κ3) is 5.30. The van der Waals surface area contributed by atoms with Gasteiger partial charge in [-0.25, -0.2) is 17.8 Å². The summed E-state index contributed by atoms with van der Waals surface area (Å²) in [6, 6.07) is 5.01. The van der Waals surface area contributed by atoms with E-state index in [9.17, 15) is 13.2 Å². The van der Waals surface area contributed by atoms with Crippen molar-refractivity contribution in [1.82, 2.24) is 24.9 Å². The molecule has 0 atom stereocenters. The molecule has 1 heterocycles. The summed E-state index contributed by atoms with van der Waals surface area (Å²) in [6.45, 7) is 0.0223. The van der Waals surface area contributed by atoms with Crippen LogP contribution in [0.4, 0.5) is 5.69 Å². The summed E-state index contributed by atoms with van der Waals surface area (Å²) in [7, 11) is -1.81. The lowest BCUT2D eigenvalue weighted by Gasteiger charge is -2.10. The first-order valence-electron chi connectivity index (χ1n) is 6.54. The average Bonchev–Trinajstić information content (AvgIpc) is 2.99. The van der Waals surface area contributed by atoms with Crippen LogP contribution in [0.3, 0.4) is 0 Å². The summed E-state index contributed by atoms with van der Waals surface area (Å²) in [6.07, 6.45) is 2.45. The maximum atomic E-state index is 11.9. The zero-order valence-electron chi connectivity index (χ0n) is 12.6. The van der Waals surface area contributed by atoms with Gasteiger partial charge in [-0.1, -0.05) is 0 Å². The van der Waals surface area contributed by atoms with E-state index in [1.54, 1.807) is 18.2 Å². The van der Waals surface area contributed by atoms with E-state index in [1.807, 2.05) is 0 Å². The molecule has 11 heteroatoms. The van der Waals surface area contributed by atoms with E-state index in [0.717, 1.165) is 6.26 Å². The van der Waals surface area contributed by atoms with E-state index in [-0.39, 0.29) is 18.9 Å². The van der Waals surface area contributed by atoms with Crippen LogP contribution >= 0.6 is 0 Å². The molecule has 2 aromatic rings. The van der Waals surface area contributed by atoms with Gasteiger partial charge in [-0.3, -0.25) is 4.79 Å². The second-order valence-electron chi connectivity index (χ2n) is 4.64. The van der Waals surface area contributed by atoms with Crippen molar-refractivity contribution < 1.29 is 17.9 Å². The van der Waals surface area contributed by atoms with Crippen molar-refractivity contribution in [2.75, 3.05) is 25.2 Å².